The van der Waals surface area contributed by atoms with Crippen LogP contribution in [-0.4, -0.2) is 4.98 Å². The second kappa shape index (κ2) is 6.73. The number of benzene rings is 1. The lowest BCUT2D eigenvalue weighted by molar-refractivity contribution is -0.660. The summed E-state index contributed by atoms with van der Waals surface area (Å²) in [5.41, 5.74) is 5.67. The van der Waals surface area contributed by atoms with Gasteiger partial charge in [-0.05, 0) is 48.8 Å². The molecule has 0 atom stereocenters. The smallest absolute Gasteiger partial charge is 0.227 e. The lowest BCUT2D eigenvalue weighted by Gasteiger charge is -2.12. The van der Waals surface area contributed by atoms with Crippen LogP contribution in [0, 0.1) is 13.8 Å². The molecule has 0 N–H and O–H groups in total. The molecule has 1 aromatic carbocycles. The van der Waals surface area contributed by atoms with Crippen LogP contribution in [0.25, 0.3) is 33.3 Å². The van der Waals surface area contributed by atoms with Crippen molar-refractivity contribution < 1.29 is 14.5 Å². The van der Waals surface area contributed by atoms with Gasteiger partial charge in [-0.3, -0.25) is 0 Å². The molecule has 0 aliphatic rings. The van der Waals surface area contributed by atoms with Crippen LogP contribution in [0.15, 0.2) is 40.9 Å². The SMILES string of the molecule is [2H]C([2H])([2H])c1c[n+](C)c(-c2c(C)ccc3c2oc2nc(C(C)C)ccc23)cc1C([2H])(C)C. The molecule has 144 valence electrons. The van der Waals surface area contributed by atoms with Gasteiger partial charge in [0.1, 0.15) is 7.05 Å². The molecule has 0 amide bonds. The van der Waals surface area contributed by atoms with Gasteiger partial charge in [-0.1, -0.05) is 39.8 Å². The third-order valence-corrected chi connectivity index (χ3v) is 5.40. The normalized spacial score (nSPS) is 15.0. The molecule has 0 saturated heterocycles. The van der Waals surface area contributed by atoms with Gasteiger partial charge in [-0.15, -0.1) is 0 Å². The summed E-state index contributed by atoms with van der Waals surface area (Å²) in [7, 11) is 1.83. The number of nitrogens with zero attached hydrogens (tertiary/aromatic N) is 2. The molecule has 4 rings (SSSR count). The molecule has 0 aliphatic carbocycles. The summed E-state index contributed by atoms with van der Waals surface area (Å²) in [4.78, 5) is 4.72. The van der Waals surface area contributed by atoms with Gasteiger partial charge >= 0.3 is 0 Å². The summed E-state index contributed by atoms with van der Waals surface area (Å²) in [6, 6.07) is 10.0. The predicted molar refractivity (Wildman–Crippen MR) is 116 cm³/mol. The van der Waals surface area contributed by atoms with Gasteiger partial charge in [0.25, 0.3) is 0 Å². The average Bonchev–Trinajstić information content (AvgIpc) is 3.04. The molecule has 3 nitrogen and oxygen atoms in total. The second-order valence-electron chi connectivity index (χ2n) is 8.08. The van der Waals surface area contributed by atoms with E-state index >= 15 is 0 Å². The van der Waals surface area contributed by atoms with E-state index in [1.807, 2.05) is 42.8 Å². The quantitative estimate of drug-likeness (QED) is 0.390. The number of aryl methyl sites for hydroxylation is 3. The first-order valence-corrected chi connectivity index (χ1v) is 9.67. The lowest BCUT2D eigenvalue weighted by Crippen LogP contribution is -2.32. The fraction of sp³-hybridized carbons (Fsp3) is 0.360. The molecular weight excluding hydrogens is 344 g/mol. The van der Waals surface area contributed by atoms with Gasteiger partial charge in [0.15, 0.2) is 11.8 Å². The van der Waals surface area contributed by atoms with E-state index in [0.717, 1.165) is 38.9 Å². The molecule has 0 saturated carbocycles. The fourth-order valence-corrected chi connectivity index (χ4v) is 3.78. The van der Waals surface area contributed by atoms with E-state index < -0.39 is 12.7 Å². The Balaban J connectivity index is 2.07. The highest BCUT2D eigenvalue weighted by molar-refractivity contribution is 6.08. The maximum Gasteiger partial charge on any atom is 0.227 e. The van der Waals surface area contributed by atoms with Crippen molar-refractivity contribution in [2.45, 2.75) is 53.3 Å². The van der Waals surface area contributed by atoms with Gasteiger partial charge in [-0.25, -0.2) is 9.55 Å². The van der Waals surface area contributed by atoms with Gasteiger partial charge < -0.3 is 4.42 Å². The van der Waals surface area contributed by atoms with E-state index in [2.05, 4.69) is 19.9 Å². The third kappa shape index (κ3) is 2.90. The monoisotopic (exact) mass is 377 g/mol. The molecule has 0 aliphatic heterocycles. The molecule has 0 radical (unpaired) electrons. The minimum absolute atomic E-state index is 0.196. The van der Waals surface area contributed by atoms with Crippen LogP contribution in [0.5, 0.6) is 0 Å². The van der Waals surface area contributed by atoms with Crippen molar-refractivity contribution >= 4 is 22.1 Å². The van der Waals surface area contributed by atoms with Crippen LogP contribution in [0.2, 0.25) is 0 Å². The van der Waals surface area contributed by atoms with Crippen molar-refractivity contribution in [1.82, 2.24) is 4.98 Å². The third-order valence-electron chi connectivity index (χ3n) is 5.40. The van der Waals surface area contributed by atoms with Crippen LogP contribution in [-0.2, 0) is 7.05 Å². The van der Waals surface area contributed by atoms with E-state index in [1.54, 1.807) is 20.0 Å². The summed E-state index contributed by atoms with van der Waals surface area (Å²) >= 11 is 0. The number of rotatable bonds is 3. The van der Waals surface area contributed by atoms with Crippen molar-refractivity contribution in [3.8, 4) is 11.3 Å². The Kier molecular flexibility index (Phi) is 3.45. The van der Waals surface area contributed by atoms with Gasteiger partial charge in [0, 0.05) is 33.6 Å². The number of furan rings is 1. The van der Waals surface area contributed by atoms with Crippen molar-refractivity contribution in [2.75, 3.05) is 0 Å². The Morgan fingerprint density at radius 1 is 1.07 bits per heavy atom. The first-order chi connectivity index (χ1) is 14.8. The number of fused-ring (bicyclic) bond motifs is 3. The summed E-state index contributed by atoms with van der Waals surface area (Å²) in [6.07, 6.45) is 1.63. The van der Waals surface area contributed by atoms with Gasteiger partial charge in [0.05, 0.1) is 5.56 Å². The van der Waals surface area contributed by atoms with E-state index in [1.165, 1.54) is 0 Å². The fourth-order valence-electron chi connectivity index (χ4n) is 3.78. The Labute approximate surface area is 172 Å². The highest BCUT2D eigenvalue weighted by Gasteiger charge is 2.23. The summed E-state index contributed by atoms with van der Waals surface area (Å²) < 4.78 is 40.7. The van der Waals surface area contributed by atoms with Crippen molar-refractivity contribution in [3.05, 3.63) is 58.9 Å². The van der Waals surface area contributed by atoms with Crippen LogP contribution in [0.3, 0.4) is 0 Å². The highest BCUT2D eigenvalue weighted by Crippen LogP contribution is 2.37. The zero-order valence-corrected chi connectivity index (χ0v) is 17.3. The number of pyridine rings is 2. The molecular formula is C25H29N2O+. The maximum absolute atomic E-state index is 8.60. The van der Waals surface area contributed by atoms with E-state index in [9.17, 15) is 0 Å². The van der Waals surface area contributed by atoms with Crippen LogP contribution in [0.1, 0.15) is 67.4 Å². The zero-order chi connectivity index (χ0) is 23.6. The number of hydrogen-bond acceptors (Lipinski definition) is 2. The van der Waals surface area contributed by atoms with Crippen LogP contribution in [0.4, 0.5) is 0 Å². The summed E-state index contributed by atoms with van der Waals surface area (Å²) in [5.74, 6) is -0.781. The summed E-state index contributed by atoms with van der Waals surface area (Å²) in [5, 5.41) is 1.92. The average molecular weight is 378 g/mol. The second-order valence-corrected chi connectivity index (χ2v) is 8.08. The van der Waals surface area contributed by atoms with Crippen molar-refractivity contribution in [1.29, 1.82) is 0 Å². The van der Waals surface area contributed by atoms with E-state index in [4.69, 9.17) is 14.9 Å². The van der Waals surface area contributed by atoms with Crippen molar-refractivity contribution in [2.24, 2.45) is 7.05 Å². The molecule has 3 aromatic heterocycles. The topological polar surface area (TPSA) is 29.9 Å². The zero-order valence-electron chi connectivity index (χ0n) is 21.3. The minimum Gasteiger partial charge on any atom is -0.437 e. The molecule has 0 bridgehead atoms. The largest absolute Gasteiger partial charge is 0.437 e. The lowest BCUT2D eigenvalue weighted by atomic mass is 9.94. The molecule has 3 heterocycles. The van der Waals surface area contributed by atoms with Crippen molar-refractivity contribution in [3.63, 3.8) is 0 Å². The molecule has 3 heteroatoms. The predicted octanol–water partition coefficient (Wildman–Crippen LogP) is 6.34. The molecule has 0 spiro atoms. The standard InChI is InChI=1S/C25H29N2O/c1-14(2)20-12-22(27(7)13-17(20)6)23-16(5)8-9-18-19-10-11-21(15(3)4)26-25(19)28-24(18)23/h8-15H,1-7H3/q+1/i6D3,14D. The number of hydrogen-bond donors (Lipinski definition) is 0. The number of aromatic nitrogens is 2. The Bertz CT molecular complexity index is 1340. The Hall–Kier alpha value is -2.68. The first kappa shape index (κ1) is 14.3. The summed E-state index contributed by atoms with van der Waals surface area (Å²) in [6.45, 7) is 7.34. The van der Waals surface area contributed by atoms with E-state index in [-0.39, 0.29) is 5.56 Å². The van der Waals surface area contributed by atoms with Gasteiger partial charge in [-0.2, -0.15) is 0 Å². The molecule has 0 unspecified atom stereocenters. The molecule has 4 aromatic rings. The maximum atomic E-state index is 8.60. The van der Waals surface area contributed by atoms with Crippen LogP contribution < -0.4 is 4.57 Å². The Morgan fingerprint density at radius 3 is 2.50 bits per heavy atom. The van der Waals surface area contributed by atoms with Crippen LogP contribution >= 0.6 is 0 Å². The van der Waals surface area contributed by atoms with Gasteiger partial charge in [0.2, 0.25) is 11.4 Å². The first-order valence-electron chi connectivity index (χ1n) is 11.7. The highest BCUT2D eigenvalue weighted by atomic mass is 16.3. The van der Waals surface area contributed by atoms with E-state index in [0.29, 0.717) is 17.2 Å². The minimum atomic E-state index is -2.30. The molecule has 0 fully saturated rings. The molecule has 28 heavy (non-hydrogen) atoms. The Morgan fingerprint density at radius 2 is 1.82 bits per heavy atom.